The zero-order valence-corrected chi connectivity index (χ0v) is 10.5. The van der Waals surface area contributed by atoms with Crippen LogP contribution in [-0.2, 0) is 19.0 Å². The molecule has 0 aliphatic carbocycles. The molecule has 16 heavy (non-hydrogen) atoms. The molecule has 0 heterocycles. The van der Waals surface area contributed by atoms with Crippen LogP contribution in [0.15, 0.2) is 0 Å². The van der Waals surface area contributed by atoms with Crippen LogP contribution >= 0.6 is 0 Å². The summed E-state index contributed by atoms with van der Waals surface area (Å²) in [5, 5.41) is 3.27. The predicted molar refractivity (Wildman–Crippen MR) is 61.4 cm³/mol. The van der Waals surface area contributed by atoms with Crippen LogP contribution in [-0.4, -0.2) is 52.1 Å². The molecule has 1 atom stereocenters. The number of esters is 1. The van der Waals surface area contributed by atoms with Crippen LogP contribution in [0.5, 0.6) is 0 Å². The van der Waals surface area contributed by atoms with E-state index in [1.165, 1.54) is 0 Å². The van der Waals surface area contributed by atoms with Crippen LogP contribution in [0.1, 0.15) is 20.3 Å². The average Bonchev–Trinajstić information content (AvgIpc) is 2.27. The van der Waals surface area contributed by atoms with Crippen molar-refractivity contribution in [2.75, 3.05) is 40.1 Å². The van der Waals surface area contributed by atoms with Crippen molar-refractivity contribution in [1.29, 1.82) is 0 Å². The van der Waals surface area contributed by atoms with Crippen LogP contribution in [0.25, 0.3) is 0 Å². The van der Waals surface area contributed by atoms with Crippen molar-refractivity contribution in [3.8, 4) is 0 Å². The normalized spacial score (nSPS) is 12.4. The van der Waals surface area contributed by atoms with Crippen LogP contribution in [0.4, 0.5) is 0 Å². The fraction of sp³-hybridized carbons (Fsp3) is 0.909. The second kappa shape index (κ2) is 10.9. The maximum absolute atomic E-state index is 10.9. The number of hydrogen-bond acceptors (Lipinski definition) is 5. The van der Waals surface area contributed by atoms with Crippen molar-refractivity contribution in [3.63, 3.8) is 0 Å². The highest BCUT2D eigenvalue weighted by Crippen LogP contribution is 1.90. The minimum Gasteiger partial charge on any atom is -0.464 e. The Kier molecular flexibility index (Phi) is 10.4. The first-order chi connectivity index (χ1) is 7.74. The lowest BCUT2D eigenvalue weighted by Crippen LogP contribution is -2.35. The molecule has 0 rings (SSSR count). The summed E-state index contributed by atoms with van der Waals surface area (Å²) in [7, 11) is 1.68. The Morgan fingerprint density at radius 1 is 1.38 bits per heavy atom. The highest BCUT2D eigenvalue weighted by molar-refractivity contribution is 5.70. The molecule has 0 amide bonds. The predicted octanol–water partition coefficient (Wildman–Crippen LogP) is 0.581. The summed E-state index contributed by atoms with van der Waals surface area (Å²) in [5.41, 5.74) is 0. The molecule has 5 nitrogen and oxygen atoms in total. The van der Waals surface area contributed by atoms with Gasteiger partial charge >= 0.3 is 5.97 Å². The van der Waals surface area contributed by atoms with Crippen molar-refractivity contribution in [1.82, 2.24) is 5.32 Å². The Bertz CT molecular complexity index is 175. The van der Waals surface area contributed by atoms with Gasteiger partial charge in [-0.25, -0.2) is 4.79 Å². The van der Waals surface area contributed by atoms with Gasteiger partial charge in [-0.3, -0.25) is 0 Å². The van der Waals surface area contributed by atoms with Gasteiger partial charge in [0.05, 0.1) is 19.8 Å². The molecule has 0 spiro atoms. The van der Waals surface area contributed by atoms with Crippen LogP contribution in [0.3, 0.4) is 0 Å². The second-order valence-corrected chi connectivity index (χ2v) is 3.37. The first kappa shape index (κ1) is 15.3. The zero-order chi connectivity index (χ0) is 12.2. The van der Waals surface area contributed by atoms with Crippen molar-refractivity contribution >= 4 is 5.97 Å². The zero-order valence-electron chi connectivity index (χ0n) is 10.5. The molecule has 0 aromatic carbocycles. The molecule has 1 unspecified atom stereocenters. The summed E-state index contributed by atoms with van der Waals surface area (Å²) in [6, 6.07) is 0.344. The van der Waals surface area contributed by atoms with E-state index in [1.807, 2.05) is 0 Å². The average molecular weight is 233 g/mol. The lowest BCUT2D eigenvalue weighted by atomic mass is 10.2. The monoisotopic (exact) mass is 233 g/mol. The van der Waals surface area contributed by atoms with Crippen molar-refractivity contribution < 1.29 is 19.0 Å². The van der Waals surface area contributed by atoms with E-state index in [4.69, 9.17) is 14.2 Å². The molecular weight excluding hydrogens is 210 g/mol. The number of methoxy groups -OCH3 is 1. The smallest absolute Gasteiger partial charge is 0.332 e. The Morgan fingerprint density at radius 2 is 2.12 bits per heavy atom. The minimum atomic E-state index is -0.313. The maximum Gasteiger partial charge on any atom is 0.332 e. The molecule has 0 aliphatic rings. The topological polar surface area (TPSA) is 56.8 Å². The third-order valence-corrected chi connectivity index (χ3v) is 2.07. The number of rotatable bonds is 10. The van der Waals surface area contributed by atoms with Crippen molar-refractivity contribution in [3.05, 3.63) is 0 Å². The van der Waals surface area contributed by atoms with Crippen LogP contribution < -0.4 is 5.32 Å². The van der Waals surface area contributed by atoms with Gasteiger partial charge in [0, 0.05) is 19.7 Å². The van der Waals surface area contributed by atoms with Crippen molar-refractivity contribution in [2.24, 2.45) is 0 Å². The van der Waals surface area contributed by atoms with E-state index in [0.29, 0.717) is 32.4 Å². The molecule has 0 aromatic rings. The molecule has 5 heteroatoms. The van der Waals surface area contributed by atoms with Gasteiger partial charge in [0.2, 0.25) is 0 Å². The van der Waals surface area contributed by atoms with Gasteiger partial charge in [0.15, 0.2) is 0 Å². The Hall–Kier alpha value is -0.650. The van der Waals surface area contributed by atoms with E-state index in [9.17, 15) is 4.79 Å². The van der Waals surface area contributed by atoms with E-state index >= 15 is 0 Å². The largest absolute Gasteiger partial charge is 0.464 e. The third-order valence-electron chi connectivity index (χ3n) is 2.07. The summed E-state index contributed by atoms with van der Waals surface area (Å²) in [4.78, 5) is 10.9. The summed E-state index contributed by atoms with van der Waals surface area (Å²) < 4.78 is 14.9. The molecule has 0 saturated carbocycles. The van der Waals surface area contributed by atoms with Gasteiger partial charge in [-0.2, -0.15) is 0 Å². The SMILES string of the molecule is CCOC(=O)COCCNC(CC)COC. The van der Waals surface area contributed by atoms with Crippen LogP contribution in [0.2, 0.25) is 0 Å². The van der Waals surface area contributed by atoms with Gasteiger partial charge < -0.3 is 19.5 Å². The number of carbonyl (C=O) groups excluding carboxylic acids is 1. The van der Waals surface area contributed by atoms with E-state index in [2.05, 4.69) is 12.2 Å². The molecule has 96 valence electrons. The first-order valence-corrected chi connectivity index (χ1v) is 5.70. The molecule has 0 aliphatic heterocycles. The van der Waals surface area contributed by atoms with Crippen molar-refractivity contribution in [2.45, 2.75) is 26.3 Å². The standard InChI is InChI=1S/C11H23NO4/c1-4-10(8-14-3)12-6-7-15-9-11(13)16-5-2/h10,12H,4-9H2,1-3H3. The molecule has 0 aromatic heterocycles. The highest BCUT2D eigenvalue weighted by Gasteiger charge is 2.04. The van der Waals surface area contributed by atoms with Gasteiger partial charge in [-0.05, 0) is 13.3 Å². The quantitative estimate of drug-likeness (QED) is 0.442. The lowest BCUT2D eigenvalue weighted by Gasteiger charge is -2.15. The second-order valence-electron chi connectivity index (χ2n) is 3.37. The molecule has 0 radical (unpaired) electrons. The minimum absolute atomic E-state index is 0.0244. The van der Waals surface area contributed by atoms with E-state index < -0.39 is 0 Å². The Balaban J connectivity index is 3.34. The summed E-state index contributed by atoms with van der Waals surface area (Å²) in [6.45, 7) is 6.18. The molecule has 0 fully saturated rings. The number of carbonyl (C=O) groups is 1. The van der Waals surface area contributed by atoms with E-state index in [0.717, 1.165) is 6.42 Å². The molecule has 0 saturated heterocycles. The first-order valence-electron chi connectivity index (χ1n) is 5.70. The Labute approximate surface area is 97.4 Å². The number of hydrogen-bond donors (Lipinski definition) is 1. The van der Waals surface area contributed by atoms with E-state index in [-0.39, 0.29) is 12.6 Å². The number of ether oxygens (including phenoxy) is 3. The fourth-order valence-corrected chi connectivity index (χ4v) is 1.22. The van der Waals surface area contributed by atoms with Gasteiger partial charge in [0.25, 0.3) is 0 Å². The van der Waals surface area contributed by atoms with Gasteiger partial charge in [-0.15, -0.1) is 0 Å². The highest BCUT2D eigenvalue weighted by atomic mass is 16.6. The summed E-state index contributed by atoms with van der Waals surface area (Å²) >= 11 is 0. The third kappa shape index (κ3) is 8.64. The van der Waals surface area contributed by atoms with Gasteiger partial charge in [0.1, 0.15) is 6.61 Å². The molecule has 1 N–H and O–H groups in total. The Morgan fingerprint density at radius 3 is 2.69 bits per heavy atom. The summed E-state index contributed by atoms with van der Waals surface area (Å²) in [6.07, 6.45) is 1.01. The van der Waals surface area contributed by atoms with E-state index in [1.54, 1.807) is 14.0 Å². The maximum atomic E-state index is 10.9. The van der Waals surface area contributed by atoms with Gasteiger partial charge in [-0.1, -0.05) is 6.92 Å². The molecule has 0 bridgehead atoms. The van der Waals surface area contributed by atoms with Crippen LogP contribution in [0, 0.1) is 0 Å². The lowest BCUT2D eigenvalue weighted by molar-refractivity contribution is -0.148. The fourth-order valence-electron chi connectivity index (χ4n) is 1.22. The summed E-state index contributed by atoms with van der Waals surface area (Å²) in [5.74, 6) is -0.313. The molecular formula is C11H23NO4. The number of nitrogens with one attached hydrogen (secondary N) is 1.